The zero-order chi connectivity index (χ0) is 9.84. The molecular weight excluding hydrogens is 178 g/mol. The van der Waals surface area contributed by atoms with Crippen LogP contribution in [-0.4, -0.2) is 6.61 Å². The van der Waals surface area contributed by atoms with Crippen molar-refractivity contribution < 1.29 is 13.5 Å². The molecule has 72 valence electrons. The SMILES string of the molecule is Cc1cc(NN)ccc1OC(F)F. The summed E-state index contributed by atoms with van der Waals surface area (Å²) in [6, 6.07) is 4.62. The zero-order valence-electron chi connectivity index (χ0n) is 7.05. The predicted octanol–water partition coefficient (Wildman–Crippen LogP) is 1.88. The first-order valence-corrected chi connectivity index (χ1v) is 3.65. The molecule has 0 aliphatic rings. The Labute approximate surface area is 74.5 Å². The third kappa shape index (κ3) is 2.55. The van der Waals surface area contributed by atoms with Crippen molar-refractivity contribution >= 4 is 5.69 Å². The molecule has 0 atom stereocenters. The summed E-state index contributed by atoms with van der Waals surface area (Å²) in [4.78, 5) is 0. The number of rotatable bonds is 3. The topological polar surface area (TPSA) is 47.3 Å². The Balaban J connectivity index is 2.85. The van der Waals surface area contributed by atoms with Crippen LogP contribution in [0.2, 0.25) is 0 Å². The van der Waals surface area contributed by atoms with Gasteiger partial charge in [0.2, 0.25) is 0 Å². The summed E-state index contributed by atoms with van der Waals surface area (Å²) >= 11 is 0. The fourth-order valence-electron chi connectivity index (χ4n) is 0.967. The van der Waals surface area contributed by atoms with E-state index >= 15 is 0 Å². The molecule has 1 rings (SSSR count). The number of hydrogen-bond acceptors (Lipinski definition) is 3. The van der Waals surface area contributed by atoms with Gasteiger partial charge in [-0.3, -0.25) is 5.84 Å². The molecule has 0 saturated heterocycles. The molecule has 0 radical (unpaired) electrons. The molecular formula is C8H10F2N2O. The number of nitrogen functional groups attached to an aromatic ring is 1. The molecule has 0 aromatic heterocycles. The van der Waals surface area contributed by atoms with Crippen molar-refractivity contribution in [1.29, 1.82) is 0 Å². The Kier molecular flexibility index (Phi) is 3.02. The Bertz CT molecular complexity index is 291. The van der Waals surface area contributed by atoms with Crippen molar-refractivity contribution in [2.24, 2.45) is 5.84 Å². The summed E-state index contributed by atoms with van der Waals surface area (Å²) in [7, 11) is 0. The first-order chi connectivity index (χ1) is 6.13. The Morgan fingerprint density at radius 1 is 1.46 bits per heavy atom. The van der Waals surface area contributed by atoms with Gasteiger partial charge in [0.25, 0.3) is 0 Å². The summed E-state index contributed by atoms with van der Waals surface area (Å²) in [5.74, 6) is 5.29. The van der Waals surface area contributed by atoms with E-state index in [0.29, 0.717) is 11.3 Å². The van der Waals surface area contributed by atoms with Crippen LogP contribution in [0, 0.1) is 6.92 Å². The molecule has 0 amide bonds. The maximum Gasteiger partial charge on any atom is 0.387 e. The van der Waals surface area contributed by atoms with Crippen LogP contribution in [0.1, 0.15) is 5.56 Å². The second-order valence-corrected chi connectivity index (χ2v) is 2.50. The van der Waals surface area contributed by atoms with E-state index in [1.165, 1.54) is 6.07 Å². The Hall–Kier alpha value is -1.36. The summed E-state index contributed by atoms with van der Waals surface area (Å²) < 4.78 is 27.9. The molecule has 13 heavy (non-hydrogen) atoms. The van der Waals surface area contributed by atoms with Gasteiger partial charge < -0.3 is 10.2 Å². The molecule has 0 bridgehead atoms. The van der Waals surface area contributed by atoms with E-state index < -0.39 is 6.61 Å². The Morgan fingerprint density at radius 3 is 2.62 bits per heavy atom. The van der Waals surface area contributed by atoms with Crippen molar-refractivity contribution in [2.45, 2.75) is 13.5 Å². The highest BCUT2D eigenvalue weighted by atomic mass is 19.3. The van der Waals surface area contributed by atoms with Gasteiger partial charge in [-0.1, -0.05) is 0 Å². The summed E-state index contributed by atoms with van der Waals surface area (Å²) in [5.41, 5.74) is 3.66. The van der Waals surface area contributed by atoms with E-state index in [9.17, 15) is 8.78 Å². The minimum absolute atomic E-state index is 0.161. The highest BCUT2D eigenvalue weighted by molar-refractivity contribution is 5.49. The number of hydrogen-bond donors (Lipinski definition) is 2. The highest BCUT2D eigenvalue weighted by Gasteiger charge is 2.06. The quantitative estimate of drug-likeness (QED) is 0.562. The van der Waals surface area contributed by atoms with Crippen molar-refractivity contribution in [1.82, 2.24) is 0 Å². The summed E-state index contributed by atoms with van der Waals surface area (Å²) in [6.45, 7) is -1.13. The van der Waals surface area contributed by atoms with E-state index in [1.807, 2.05) is 0 Å². The lowest BCUT2D eigenvalue weighted by Gasteiger charge is -2.08. The van der Waals surface area contributed by atoms with Crippen LogP contribution >= 0.6 is 0 Å². The minimum Gasteiger partial charge on any atom is -0.435 e. The smallest absolute Gasteiger partial charge is 0.387 e. The zero-order valence-corrected chi connectivity index (χ0v) is 7.05. The van der Waals surface area contributed by atoms with E-state index in [-0.39, 0.29) is 5.75 Å². The maximum atomic E-state index is 11.8. The van der Waals surface area contributed by atoms with Crippen molar-refractivity contribution in [2.75, 3.05) is 5.43 Å². The molecule has 0 fully saturated rings. The first kappa shape index (κ1) is 9.73. The normalized spacial score (nSPS) is 10.2. The van der Waals surface area contributed by atoms with Gasteiger partial charge in [-0.25, -0.2) is 0 Å². The highest BCUT2D eigenvalue weighted by Crippen LogP contribution is 2.22. The van der Waals surface area contributed by atoms with Crippen LogP contribution in [0.5, 0.6) is 5.75 Å². The van der Waals surface area contributed by atoms with Gasteiger partial charge in [0.1, 0.15) is 5.75 Å². The van der Waals surface area contributed by atoms with Gasteiger partial charge in [0.05, 0.1) is 0 Å². The lowest BCUT2D eigenvalue weighted by Crippen LogP contribution is -2.08. The molecule has 5 heteroatoms. The number of halogens is 2. The molecule has 0 spiro atoms. The van der Waals surface area contributed by atoms with Gasteiger partial charge >= 0.3 is 6.61 Å². The standard InChI is InChI=1S/C8H10F2N2O/c1-5-4-6(12-11)2-3-7(5)13-8(9)10/h2-4,8,12H,11H2,1H3. The van der Waals surface area contributed by atoms with Crippen LogP contribution in [0.15, 0.2) is 18.2 Å². The second kappa shape index (κ2) is 4.04. The fraction of sp³-hybridized carbons (Fsp3) is 0.250. The molecule has 0 saturated carbocycles. The van der Waals surface area contributed by atoms with Crippen molar-refractivity contribution in [3.05, 3.63) is 23.8 Å². The van der Waals surface area contributed by atoms with Gasteiger partial charge in [-0.2, -0.15) is 8.78 Å². The molecule has 0 aliphatic heterocycles. The molecule has 3 N–H and O–H groups in total. The third-order valence-corrected chi connectivity index (χ3v) is 1.56. The Morgan fingerprint density at radius 2 is 2.15 bits per heavy atom. The van der Waals surface area contributed by atoms with Gasteiger partial charge in [0, 0.05) is 5.69 Å². The number of nitrogens with one attached hydrogen (secondary N) is 1. The average Bonchev–Trinajstić information content (AvgIpc) is 2.08. The number of benzene rings is 1. The van der Waals surface area contributed by atoms with Gasteiger partial charge in [-0.15, -0.1) is 0 Å². The van der Waals surface area contributed by atoms with E-state index in [0.717, 1.165) is 0 Å². The minimum atomic E-state index is -2.80. The van der Waals surface area contributed by atoms with Crippen molar-refractivity contribution in [3.8, 4) is 5.75 Å². The number of nitrogens with two attached hydrogens (primary N) is 1. The predicted molar refractivity (Wildman–Crippen MR) is 45.6 cm³/mol. The molecule has 0 unspecified atom stereocenters. The molecule has 0 aliphatic carbocycles. The number of anilines is 1. The van der Waals surface area contributed by atoms with Crippen molar-refractivity contribution in [3.63, 3.8) is 0 Å². The van der Waals surface area contributed by atoms with Gasteiger partial charge in [0.15, 0.2) is 0 Å². The average molecular weight is 188 g/mol. The molecule has 1 aromatic carbocycles. The first-order valence-electron chi connectivity index (χ1n) is 3.65. The number of aryl methyl sites for hydroxylation is 1. The van der Waals surface area contributed by atoms with Crippen LogP contribution in [0.25, 0.3) is 0 Å². The largest absolute Gasteiger partial charge is 0.435 e. The summed E-state index contributed by atoms with van der Waals surface area (Å²) in [5, 5.41) is 0. The third-order valence-electron chi connectivity index (χ3n) is 1.56. The number of ether oxygens (including phenoxy) is 1. The molecule has 1 aromatic rings. The maximum absolute atomic E-state index is 11.8. The lowest BCUT2D eigenvalue weighted by molar-refractivity contribution is -0.0502. The molecule has 3 nitrogen and oxygen atoms in total. The van der Waals surface area contributed by atoms with Crippen LogP contribution in [0.3, 0.4) is 0 Å². The van der Waals surface area contributed by atoms with E-state index in [1.54, 1.807) is 19.1 Å². The van der Waals surface area contributed by atoms with Crippen LogP contribution < -0.4 is 16.0 Å². The van der Waals surface area contributed by atoms with Crippen LogP contribution in [0.4, 0.5) is 14.5 Å². The van der Waals surface area contributed by atoms with Crippen LogP contribution in [-0.2, 0) is 0 Å². The van der Waals surface area contributed by atoms with E-state index in [4.69, 9.17) is 5.84 Å². The second-order valence-electron chi connectivity index (χ2n) is 2.50. The van der Waals surface area contributed by atoms with E-state index in [2.05, 4.69) is 10.2 Å². The lowest BCUT2D eigenvalue weighted by atomic mass is 10.2. The number of alkyl halides is 2. The van der Waals surface area contributed by atoms with Gasteiger partial charge in [-0.05, 0) is 30.7 Å². The fourth-order valence-corrected chi connectivity index (χ4v) is 0.967. The monoisotopic (exact) mass is 188 g/mol. The molecule has 0 heterocycles. The number of hydrazine groups is 1. The summed E-state index contributed by atoms with van der Waals surface area (Å²) in [6.07, 6.45) is 0.